The van der Waals surface area contributed by atoms with Gasteiger partial charge in [0.15, 0.2) is 0 Å². The van der Waals surface area contributed by atoms with Gasteiger partial charge in [-0.3, -0.25) is 4.90 Å². The average molecular weight is 257 g/mol. The monoisotopic (exact) mass is 257 g/mol. The highest BCUT2D eigenvalue weighted by Crippen LogP contribution is 2.05. The number of aliphatic hydroxyl groups excluding tert-OH is 1. The Morgan fingerprint density at radius 2 is 2.20 bits per heavy atom. The topological polar surface area (TPSA) is 23.5 Å². The molecule has 0 saturated heterocycles. The van der Waals surface area contributed by atoms with Crippen LogP contribution in [0, 0.1) is 0 Å². The Bertz CT molecular complexity index is 80.0. The highest BCUT2D eigenvalue weighted by molar-refractivity contribution is 14.1. The van der Waals surface area contributed by atoms with Crippen LogP contribution in [0.25, 0.3) is 0 Å². The lowest BCUT2D eigenvalue weighted by Gasteiger charge is -2.20. The van der Waals surface area contributed by atoms with Crippen LogP contribution in [0.5, 0.6) is 0 Å². The van der Waals surface area contributed by atoms with E-state index in [1.165, 1.54) is 12.8 Å². The van der Waals surface area contributed by atoms with Gasteiger partial charge in [-0.15, -0.1) is 0 Å². The Balaban J connectivity index is 3.31. The van der Waals surface area contributed by atoms with E-state index in [0.29, 0.717) is 0 Å². The third kappa shape index (κ3) is 4.46. The summed E-state index contributed by atoms with van der Waals surface area (Å²) in [5.41, 5.74) is 0. The fourth-order valence-corrected chi connectivity index (χ4v) is 0.966. The second kappa shape index (κ2) is 6.37. The minimum atomic E-state index is 0.251. The molecule has 0 spiro atoms. The van der Waals surface area contributed by atoms with E-state index in [0.717, 1.165) is 6.54 Å². The van der Waals surface area contributed by atoms with Crippen molar-refractivity contribution in [3.63, 3.8) is 0 Å². The van der Waals surface area contributed by atoms with Gasteiger partial charge in [0, 0.05) is 0 Å². The Morgan fingerprint density at radius 1 is 1.60 bits per heavy atom. The van der Waals surface area contributed by atoms with Crippen molar-refractivity contribution in [2.24, 2.45) is 0 Å². The molecule has 0 aliphatic carbocycles. The number of unbranched alkanes of at least 4 members (excludes halogenated alkanes) is 1. The third-order valence-corrected chi connectivity index (χ3v) is 2.84. The molecule has 1 atom stereocenters. The largest absolute Gasteiger partial charge is 0.394 e. The van der Waals surface area contributed by atoms with Gasteiger partial charge in [0.2, 0.25) is 0 Å². The first-order valence-electron chi connectivity index (χ1n) is 3.67. The van der Waals surface area contributed by atoms with Crippen LogP contribution in [0.15, 0.2) is 0 Å². The minimum Gasteiger partial charge on any atom is -0.394 e. The lowest BCUT2D eigenvalue weighted by Crippen LogP contribution is -2.30. The van der Waals surface area contributed by atoms with Crippen molar-refractivity contribution in [1.29, 1.82) is 0 Å². The maximum atomic E-state index is 8.76. The quantitative estimate of drug-likeness (QED) is 0.458. The second-order valence-electron chi connectivity index (χ2n) is 2.45. The molecule has 1 N–H and O–H groups in total. The molecule has 0 amide bonds. The molecule has 3 heteroatoms. The number of rotatable bonds is 5. The Hall–Kier alpha value is 0.650. The van der Waals surface area contributed by atoms with Gasteiger partial charge in [0.05, 0.1) is 10.7 Å². The van der Waals surface area contributed by atoms with E-state index in [2.05, 4.69) is 34.4 Å². The number of halogens is 1. The number of hydrogen-bond acceptors (Lipinski definition) is 2. The summed E-state index contributed by atoms with van der Waals surface area (Å²) in [6, 6.07) is 0. The predicted octanol–water partition coefficient (Wildman–Crippen LogP) is 1.47. The van der Waals surface area contributed by atoms with Crippen LogP contribution in [0.4, 0.5) is 0 Å². The van der Waals surface area contributed by atoms with E-state index in [9.17, 15) is 0 Å². The summed E-state index contributed by atoms with van der Waals surface area (Å²) in [5.74, 6) is 0. The van der Waals surface area contributed by atoms with Crippen molar-refractivity contribution in [2.45, 2.75) is 23.8 Å². The highest BCUT2D eigenvalue weighted by Gasteiger charge is 2.06. The Kier molecular flexibility index (Phi) is 6.78. The molecule has 0 aliphatic heterocycles. The molecule has 0 heterocycles. The molecule has 1 unspecified atom stereocenters. The molecule has 0 aromatic heterocycles. The van der Waals surface area contributed by atoms with Crippen LogP contribution in [0.2, 0.25) is 0 Å². The van der Waals surface area contributed by atoms with Crippen molar-refractivity contribution >= 4 is 22.6 Å². The van der Waals surface area contributed by atoms with Gasteiger partial charge in [-0.1, -0.05) is 35.9 Å². The van der Waals surface area contributed by atoms with Crippen LogP contribution in [0.1, 0.15) is 19.8 Å². The molecule has 0 rings (SSSR count). The summed E-state index contributed by atoms with van der Waals surface area (Å²) in [7, 11) is 2.04. The van der Waals surface area contributed by atoms with E-state index in [1.807, 2.05) is 7.05 Å². The zero-order valence-corrected chi connectivity index (χ0v) is 8.84. The van der Waals surface area contributed by atoms with Gasteiger partial charge in [0.25, 0.3) is 0 Å². The number of hydrogen-bond donors (Lipinski definition) is 1. The van der Waals surface area contributed by atoms with Crippen molar-refractivity contribution in [3.05, 3.63) is 0 Å². The normalized spacial score (nSPS) is 14.1. The molecule has 0 saturated carbocycles. The molecule has 0 aromatic rings. The van der Waals surface area contributed by atoms with Gasteiger partial charge in [-0.25, -0.2) is 0 Å². The first-order valence-corrected chi connectivity index (χ1v) is 4.92. The first-order chi connectivity index (χ1) is 4.72. The molecule has 0 bridgehead atoms. The number of likely N-dealkylation sites (N-methyl/N-ethyl adjacent to an activating group) is 1. The summed E-state index contributed by atoms with van der Waals surface area (Å²) in [6.45, 7) is 3.51. The van der Waals surface area contributed by atoms with Crippen LogP contribution in [-0.2, 0) is 0 Å². The minimum absolute atomic E-state index is 0.251. The molecule has 0 fully saturated rings. The Morgan fingerprint density at radius 3 is 2.60 bits per heavy atom. The summed E-state index contributed by atoms with van der Waals surface area (Å²) < 4.78 is 0.282. The Labute approximate surface area is 76.7 Å². The van der Waals surface area contributed by atoms with Crippen LogP contribution < -0.4 is 0 Å². The van der Waals surface area contributed by atoms with Gasteiger partial charge in [-0.05, 0) is 20.0 Å². The predicted molar refractivity (Wildman–Crippen MR) is 52.4 cm³/mol. The summed E-state index contributed by atoms with van der Waals surface area (Å²) in [5, 5.41) is 8.76. The first kappa shape index (κ1) is 10.7. The summed E-state index contributed by atoms with van der Waals surface area (Å²) in [4.78, 5) is 2.17. The fourth-order valence-electron chi connectivity index (χ4n) is 0.687. The second-order valence-corrected chi connectivity index (χ2v) is 3.89. The molecule has 0 radical (unpaired) electrons. The third-order valence-electron chi connectivity index (χ3n) is 1.49. The zero-order valence-electron chi connectivity index (χ0n) is 6.68. The molecule has 0 aromatic carbocycles. The lowest BCUT2D eigenvalue weighted by molar-refractivity contribution is 0.209. The highest BCUT2D eigenvalue weighted by atomic mass is 127. The van der Waals surface area contributed by atoms with Crippen molar-refractivity contribution in [1.82, 2.24) is 4.90 Å². The smallest absolute Gasteiger partial charge is 0.0850 e. The van der Waals surface area contributed by atoms with E-state index in [-0.39, 0.29) is 10.7 Å². The number of aliphatic hydroxyl groups is 1. The maximum Gasteiger partial charge on any atom is 0.0850 e. The van der Waals surface area contributed by atoms with E-state index >= 15 is 0 Å². The number of alkyl halides is 1. The van der Waals surface area contributed by atoms with E-state index in [4.69, 9.17) is 5.11 Å². The zero-order chi connectivity index (χ0) is 7.98. The van der Waals surface area contributed by atoms with Crippen molar-refractivity contribution in [2.75, 3.05) is 20.2 Å². The van der Waals surface area contributed by atoms with Gasteiger partial charge in [0.1, 0.15) is 0 Å². The van der Waals surface area contributed by atoms with Crippen molar-refractivity contribution in [3.8, 4) is 0 Å². The summed E-state index contributed by atoms with van der Waals surface area (Å²) >= 11 is 2.25. The summed E-state index contributed by atoms with van der Waals surface area (Å²) in [6.07, 6.45) is 2.44. The SMILES string of the molecule is CCCCN(C)C(I)CO. The van der Waals surface area contributed by atoms with Crippen LogP contribution >= 0.6 is 22.6 Å². The molecule has 0 aliphatic rings. The fraction of sp³-hybridized carbons (Fsp3) is 1.00. The van der Waals surface area contributed by atoms with Gasteiger partial charge in [-0.2, -0.15) is 0 Å². The molecular formula is C7H16INO. The van der Waals surface area contributed by atoms with Gasteiger partial charge < -0.3 is 5.11 Å². The van der Waals surface area contributed by atoms with E-state index < -0.39 is 0 Å². The average Bonchev–Trinajstić information content (AvgIpc) is 1.98. The molecule has 2 nitrogen and oxygen atoms in total. The molecular weight excluding hydrogens is 241 g/mol. The van der Waals surface area contributed by atoms with Crippen LogP contribution in [0.3, 0.4) is 0 Å². The standard InChI is InChI=1S/C7H16INO/c1-3-4-5-9(2)7(8)6-10/h7,10H,3-6H2,1-2H3. The molecule has 62 valence electrons. The van der Waals surface area contributed by atoms with Crippen molar-refractivity contribution < 1.29 is 5.11 Å². The van der Waals surface area contributed by atoms with E-state index in [1.54, 1.807) is 0 Å². The number of nitrogens with zero attached hydrogens (tertiary/aromatic N) is 1. The maximum absolute atomic E-state index is 8.76. The van der Waals surface area contributed by atoms with Gasteiger partial charge >= 0.3 is 0 Å². The molecule has 10 heavy (non-hydrogen) atoms. The van der Waals surface area contributed by atoms with Crippen LogP contribution in [-0.4, -0.2) is 34.3 Å². The lowest BCUT2D eigenvalue weighted by atomic mass is 10.3.